The molecule has 0 saturated carbocycles. The molecule has 0 aliphatic carbocycles. The van der Waals surface area contributed by atoms with E-state index in [-0.39, 0.29) is 22.8 Å². The molecule has 0 atom stereocenters. The van der Waals surface area contributed by atoms with E-state index < -0.39 is 16.7 Å². The maximum atomic E-state index is 12.3. The lowest BCUT2D eigenvalue weighted by Gasteiger charge is -2.17. The highest BCUT2D eigenvalue weighted by atomic mass is 35.5. The highest BCUT2D eigenvalue weighted by Gasteiger charge is 2.20. The molecule has 2 amide bonds. The molecule has 0 aliphatic rings. The van der Waals surface area contributed by atoms with Crippen molar-refractivity contribution in [3.63, 3.8) is 0 Å². The van der Waals surface area contributed by atoms with Crippen LogP contribution in [0.3, 0.4) is 0 Å². The van der Waals surface area contributed by atoms with Crippen LogP contribution in [0.15, 0.2) is 42.5 Å². The molecule has 1 N–H and O–H groups in total. The molecule has 130 valence electrons. The van der Waals surface area contributed by atoms with E-state index in [0.717, 1.165) is 11.0 Å². The molecule has 25 heavy (non-hydrogen) atoms. The maximum Gasteiger partial charge on any atom is 0.288 e. The van der Waals surface area contributed by atoms with Gasteiger partial charge in [-0.1, -0.05) is 35.3 Å². The molecule has 2 aromatic rings. The van der Waals surface area contributed by atoms with Crippen molar-refractivity contribution >= 4 is 46.4 Å². The van der Waals surface area contributed by atoms with Crippen molar-refractivity contribution in [1.82, 2.24) is 4.90 Å². The second-order valence-electron chi connectivity index (χ2n) is 5.11. The van der Waals surface area contributed by atoms with E-state index >= 15 is 0 Å². The summed E-state index contributed by atoms with van der Waals surface area (Å²) >= 11 is 11.7. The Bertz CT molecular complexity index is 842. The summed E-state index contributed by atoms with van der Waals surface area (Å²) in [6.45, 7) is -0.250. The second-order valence-corrected chi connectivity index (χ2v) is 5.93. The van der Waals surface area contributed by atoms with Crippen LogP contribution < -0.4 is 5.32 Å². The normalized spacial score (nSPS) is 10.2. The van der Waals surface area contributed by atoms with E-state index in [1.807, 2.05) is 0 Å². The number of carbonyl (C=O) groups excluding carboxylic acids is 2. The number of hydrogen-bond acceptors (Lipinski definition) is 4. The lowest BCUT2D eigenvalue weighted by Crippen LogP contribution is -2.35. The van der Waals surface area contributed by atoms with Crippen molar-refractivity contribution < 1.29 is 14.5 Å². The third-order valence-corrected chi connectivity index (χ3v) is 3.91. The smallest absolute Gasteiger partial charge is 0.288 e. The molecule has 0 aromatic heterocycles. The average molecular weight is 382 g/mol. The van der Waals surface area contributed by atoms with Crippen molar-refractivity contribution in [1.29, 1.82) is 0 Å². The highest BCUT2D eigenvalue weighted by molar-refractivity contribution is 6.33. The number of anilines is 1. The molecular formula is C16H13Cl2N3O4. The van der Waals surface area contributed by atoms with Gasteiger partial charge in [-0.3, -0.25) is 19.7 Å². The molecule has 0 aliphatic heterocycles. The average Bonchev–Trinajstić information content (AvgIpc) is 2.56. The van der Waals surface area contributed by atoms with Crippen LogP contribution in [0.4, 0.5) is 11.4 Å². The fraction of sp³-hybridized carbons (Fsp3) is 0.125. The predicted molar refractivity (Wildman–Crippen MR) is 95.1 cm³/mol. The summed E-state index contributed by atoms with van der Waals surface area (Å²) in [5.41, 5.74) is 0.114. The topological polar surface area (TPSA) is 92.6 Å². The molecule has 2 aromatic carbocycles. The summed E-state index contributed by atoms with van der Waals surface area (Å²) in [7, 11) is 1.41. The monoisotopic (exact) mass is 381 g/mol. The van der Waals surface area contributed by atoms with Crippen LogP contribution in [-0.2, 0) is 4.79 Å². The summed E-state index contributed by atoms with van der Waals surface area (Å²) in [6.07, 6.45) is 0. The number of nitro benzene ring substituents is 1. The van der Waals surface area contributed by atoms with Crippen molar-refractivity contribution in [3.05, 3.63) is 68.2 Å². The number of amides is 2. The summed E-state index contributed by atoms with van der Waals surface area (Å²) < 4.78 is 0. The number of nitro groups is 1. The first-order chi connectivity index (χ1) is 11.8. The minimum absolute atomic E-state index is 0.0594. The third kappa shape index (κ3) is 4.68. The van der Waals surface area contributed by atoms with Crippen LogP contribution in [0.2, 0.25) is 10.0 Å². The van der Waals surface area contributed by atoms with Crippen molar-refractivity contribution in [2.75, 3.05) is 18.9 Å². The third-order valence-electron chi connectivity index (χ3n) is 3.27. The van der Waals surface area contributed by atoms with E-state index in [9.17, 15) is 19.7 Å². The van der Waals surface area contributed by atoms with Crippen LogP contribution >= 0.6 is 23.2 Å². The number of nitrogens with one attached hydrogen (secondary N) is 1. The van der Waals surface area contributed by atoms with E-state index in [2.05, 4.69) is 5.32 Å². The lowest BCUT2D eigenvalue weighted by molar-refractivity contribution is -0.384. The SMILES string of the molecule is CN(CC(=O)Nc1ccccc1Cl)C(=O)c1ccc(Cl)c([N+](=O)[O-])c1. The molecule has 2 rings (SSSR count). The number of rotatable bonds is 5. The number of nitrogens with zero attached hydrogens (tertiary/aromatic N) is 2. The van der Waals surface area contributed by atoms with Crippen LogP contribution in [0.1, 0.15) is 10.4 Å². The number of para-hydroxylation sites is 1. The van der Waals surface area contributed by atoms with Crippen molar-refractivity contribution in [2.24, 2.45) is 0 Å². The molecule has 0 unspecified atom stereocenters. The van der Waals surface area contributed by atoms with Gasteiger partial charge in [0.15, 0.2) is 0 Å². The molecule has 7 nitrogen and oxygen atoms in total. The summed E-state index contributed by atoms with van der Waals surface area (Å²) in [6, 6.07) is 10.4. The Morgan fingerprint density at radius 1 is 1.16 bits per heavy atom. The van der Waals surface area contributed by atoms with Gasteiger partial charge in [-0.15, -0.1) is 0 Å². The van der Waals surface area contributed by atoms with E-state index in [1.54, 1.807) is 24.3 Å². The zero-order valence-electron chi connectivity index (χ0n) is 13.0. The number of hydrogen-bond donors (Lipinski definition) is 1. The molecule has 0 fully saturated rings. The zero-order chi connectivity index (χ0) is 18.6. The number of carbonyl (C=O) groups is 2. The Balaban J connectivity index is 2.07. The Labute approximate surface area is 153 Å². The van der Waals surface area contributed by atoms with Crippen LogP contribution in [-0.4, -0.2) is 35.2 Å². The molecule has 0 spiro atoms. The van der Waals surface area contributed by atoms with Crippen molar-refractivity contribution in [2.45, 2.75) is 0 Å². The van der Waals surface area contributed by atoms with Crippen molar-refractivity contribution in [3.8, 4) is 0 Å². The Morgan fingerprint density at radius 2 is 1.84 bits per heavy atom. The number of benzene rings is 2. The lowest BCUT2D eigenvalue weighted by atomic mass is 10.2. The number of likely N-dealkylation sites (N-methyl/N-ethyl adjacent to an activating group) is 1. The summed E-state index contributed by atoms with van der Waals surface area (Å²) in [5.74, 6) is -0.999. The Hall–Kier alpha value is -2.64. The van der Waals surface area contributed by atoms with Gasteiger partial charge in [0.25, 0.3) is 11.6 Å². The maximum absolute atomic E-state index is 12.3. The minimum atomic E-state index is -0.677. The minimum Gasteiger partial charge on any atom is -0.332 e. The quantitative estimate of drug-likeness (QED) is 0.632. The van der Waals surface area contributed by atoms with Gasteiger partial charge >= 0.3 is 0 Å². The van der Waals surface area contributed by atoms with Gasteiger partial charge in [0.1, 0.15) is 5.02 Å². The molecule has 0 bridgehead atoms. The Kier molecular flexibility index (Phi) is 5.95. The predicted octanol–water partition coefficient (Wildman–Crippen LogP) is 3.61. The van der Waals surface area contributed by atoms with Crippen LogP contribution in [0, 0.1) is 10.1 Å². The fourth-order valence-corrected chi connectivity index (χ4v) is 2.42. The highest BCUT2D eigenvalue weighted by Crippen LogP contribution is 2.25. The molecule has 0 heterocycles. The second kappa shape index (κ2) is 7.96. The first-order valence-electron chi connectivity index (χ1n) is 7.03. The summed E-state index contributed by atoms with van der Waals surface area (Å²) in [4.78, 5) is 35.7. The van der Waals surface area contributed by atoms with Gasteiger partial charge in [-0.25, -0.2) is 0 Å². The van der Waals surface area contributed by atoms with Gasteiger partial charge in [0.2, 0.25) is 5.91 Å². The van der Waals surface area contributed by atoms with Crippen LogP contribution in [0.5, 0.6) is 0 Å². The van der Waals surface area contributed by atoms with Gasteiger partial charge in [0, 0.05) is 18.7 Å². The fourth-order valence-electron chi connectivity index (χ4n) is 2.05. The summed E-state index contributed by atoms with van der Waals surface area (Å²) in [5, 5.41) is 13.8. The van der Waals surface area contributed by atoms with E-state index in [0.29, 0.717) is 10.7 Å². The van der Waals surface area contributed by atoms with Gasteiger partial charge in [-0.2, -0.15) is 0 Å². The van der Waals surface area contributed by atoms with Gasteiger partial charge in [0.05, 0.1) is 22.2 Å². The molecular weight excluding hydrogens is 369 g/mol. The molecule has 9 heteroatoms. The van der Waals surface area contributed by atoms with E-state index in [4.69, 9.17) is 23.2 Å². The molecule has 0 radical (unpaired) electrons. The standard InChI is InChI=1S/C16H13Cl2N3O4/c1-20(9-15(22)19-13-5-3-2-4-11(13)17)16(23)10-6-7-12(18)14(8-10)21(24)25/h2-8H,9H2,1H3,(H,19,22). The zero-order valence-corrected chi connectivity index (χ0v) is 14.5. The van der Waals surface area contributed by atoms with Gasteiger partial charge < -0.3 is 10.2 Å². The Morgan fingerprint density at radius 3 is 2.48 bits per heavy atom. The largest absolute Gasteiger partial charge is 0.332 e. The van der Waals surface area contributed by atoms with E-state index in [1.165, 1.54) is 19.2 Å². The number of halogens is 2. The molecule has 0 saturated heterocycles. The van der Waals surface area contributed by atoms with Crippen LogP contribution in [0.25, 0.3) is 0 Å². The first-order valence-corrected chi connectivity index (χ1v) is 7.79. The van der Waals surface area contributed by atoms with Gasteiger partial charge in [-0.05, 0) is 24.3 Å². The first kappa shape index (κ1) is 18.7.